The van der Waals surface area contributed by atoms with Crippen LogP contribution in [0, 0.1) is 5.92 Å². The average molecular weight is 584 g/mol. The highest BCUT2D eigenvalue weighted by atomic mass is 32.1. The summed E-state index contributed by atoms with van der Waals surface area (Å²) in [5.74, 6) is 0.269. The number of carboxylic acids is 1. The van der Waals surface area contributed by atoms with Crippen molar-refractivity contribution in [1.29, 1.82) is 0 Å². The number of halogens is 3. The number of hydrogen-bond acceptors (Lipinski definition) is 7. The molecular weight excluding hydrogens is 555 g/mol. The highest BCUT2D eigenvalue weighted by molar-refractivity contribution is 7.22. The number of fused-ring (bicyclic) bond motifs is 3. The van der Waals surface area contributed by atoms with Gasteiger partial charge in [0, 0.05) is 29.1 Å². The highest BCUT2D eigenvalue weighted by Crippen LogP contribution is 2.48. The summed E-state index contributed by atoms with van der Waals surface area (Å²) in [4.78, 5) is 18.6. The van der Waals surface area contributed by atoms with Gasteiger partial charge < -0.3 is 19.3 Å². The molecule has 2 bridgehead atoms. The third-order valence-corrected chi connectivity index (χ3v) is 9.68. The molecule has 11 heteroatoms. The smallest absolute Gasteiger partial charge is 0.417 e. The molecule has 7 rings (SSSR count). The van der Waals surface area contributed by atoms with E-state index in [1.807, 2.05) is 0 Å². The molecule has 4 heterocycles. The topological polar surface area (TPSA) is 88.7 Å². The summed E-state index contributed by atoms with van der Waals surface area (Å²) in [6, 6.07) is 10.9. The zero-order chi connectivity index (χ0) is 28.5. The van der Waals surface area contributed by atoms with E-state index in [9.17, 15) is 23.1 Å². The lowest BCUT2D eigenvalue weighted by atomic mass is 9.97. The predicted molar refractivity (Wildman–Crippen MR) is 147 cm³/mol. The fraction of sp³-hybridized carbons (Fsp3) is 0.433. The minimum Gasteiger partial charge on any atom is -0.478 e. The van der Waals surface area contributed by atoms with Gasteiger partial charge in [0.05, 0.1) is 34.1 Å². The number of rotatable bonds is 7. The number of benzene rings is 2. The second kappa shape index (κ2) is 9.84. The number of nitrogens with zero attached hydrogens (tertiary/aromatic N) is 3. The Kier molecular flexibility index (Phi) is 6.35. The number of carboxylic acid groups (broad SMARTS) is 1. The van der Waals surface area contributed by atoms with Crippen LogP contribution in [-0.4, -0.2) is 39.4 Å². The minimum atomic E-state index is -4.51. The van der Waals surface area contributed by atoms with Gasteiger partial charge >= 0.3 is 12.1 Å². The Morgan fingerprint density at radius 2 is 1.98 bits per heavy atom. The van der Waals surface area contributed by atoms with Gasteiger partial charge in [0.2, 0.25) is 0 Å². The van der Waals surface area contributed by atoms with Crippen LogP contribution in [0.2, 0.25) is 0 Å². The average Bonchev–Trinajstić information content (AvgIpc) is 3.49. The zero-order valence-corrected chi connectivity index (χ0v) is 23.0. The molecule has 0 spiro atoms. The Labute approximate surface area is 237 Å². The lowest BCUT2D eigenvalue weighted by molar-refractivity contribution is -0.137. The van der Waals surface area contributed by atoms with Gasteiger partial charge in [0.1, 0.15) is 11.5 Å². The van der Waals surface area contributed by atoms with Crippen LogP contribution in [-0.2, 0) is 17.5 Å². The predicted octanol–water partition coefficient (Wildman–Crippen LogP) is 7.51. The van der Waals surface area contributed by atoms with E-state index in [0.29, 0.717) is 17.2 Å². The van der Waals surface area contributed by atoms with Crippen LogP contribution in [0.25, 0.3) is 21.5 Å². The lowest BCUT2D eigenvalue weighted by Crippen LogP contribution is -2.46. The molecule has 1 aliphatic carbocycles. The molecule has 0 amide bonds. The largest absolute Gasteiger partial charge is 0.478 e. The van der Waals surface area contributed by atoms with Crippen molar-refractivity contribution in [3.8, 4) is 11.3 Å². The SMILES string of the molecule is C[C@@H]1CC2C[C@H](OCc3c(-c4ccccc4C(F)(F)F)noc3C3CC3)CC1N2c1nc2ccc(C(=O)O)cc2s1. The van der Waals surface area contributed by atoms with E-state index in [1.165, 1.54) is 23.5 Å². The van der Waals surface area contributed by atoms with Crippen molar-refractivity contribution >= 4 is 32.7 Å². The first kappa shape index (κ1) is 26.5. The van der Waals surface area contributed by atoms with E-state index < -0.39 is 17.7 Å². The van der Waals surface area contributed by atoms with E-state index in [4.69, 9.17) is 14.2 Å². The molecule has 4 atom stereocenters. The van der Waals surface area contributed by atoms with Crippen molar-refractivity contribution in [1.82, 2.24) is 10.1 Å². The number of ether oxygens (including phenoxy) is 1. The van der Waals surface area contributed by atoms with Gasteiger partial charge in [0.25, 0.3) is 0 Å². The summed E-state index contributed by atoms with van der Waals surface area (Å²) < 4.78 is 54.4. The number of piperidine rings is 1. The summed E-state index contributed by atoms with van der Waals surface area (Å²) in [6.07, 6.45) is -0.178. The Morgan fingerprint density at radius 1 is 1.17 bits per heavy atom. The number of anilines is 1. The van der Waals surface area contributed by atoms with Gasteiger partial charge in [-0.1, -0.05) is 41.6 Å². The maximum Gasteiger partial charge on any atom is 0.417 e. The van der Waals surface area contributed by atoms with Crippen LogP contribution >= 0.6 is 11.3 Å². The standard InChI is InChI=1S/C30H28F3N3O4S/c1-15-10-18-12-19(13-24(15)36(18)29-34-23-9-8-17(28(37)38)11-25(23)41-29)39-14-21-26(35-40-27(21)16-6-7-16)20-4-2-3-5-22(20)30(31,32)33/h2-5,8-9,11,15-16,18-19,24H,6-7,10,12-14H2,1H3,(H,37,38)/t15-,18?,19+,24?/m1/s1. The number of carbonyl (C=O) groups is 1. The zero-order valence-electron chi connectivity index (χ0n) is 22.2. The fourth-order valence-electron chi connectivity index (χ4n) is 6.54. The Hall–Kier alpha value is -3.44. The van der Waals surface area contributed by atoms with E-state index in [-0.39, 0.29) is 47.5 Å². The molecule has 3 fully saturated rings. The lowest BCUT2D eigenvalue weighted by Gasteiger charge is -2.39. The Balaban J connectivity index is 1.12. The van der Waals surface area contributed by atoms with Crippen LogP contribution in [0.5, 0.6) is 0 Å². The number of thiazole rings is 1. The summed E-state index contributed by atoms with van der Waals surface area (Å²) in [7, 11) is 0. The first-order valence-electron chi connectivity index (χ1n) is 13.9. The molecule has 2 saturated heterocycles. The summed E-state index contributed by atoms with van der Waals surface area (Å²) >= 11 is 1.51. The molecule has 214 valence electrons. The van der Waals surface area contributed by atoms with Crippen molar-refractivity contribution in [3.05, 3.63) is 64.9 Å². The van der Waals surface area contributed by atoms with E-state index in [1.54, 1.807) is 24.3 Å². The van der Waals surface area contributed by atoms with Crippen molar-refractivity contribution in [2.24, 2.45) is 5.92 Å². The number of alkyl halides is 3. The minimum absolute atomic E-state index is 0.0136. The van der Waals surface area contributed by atoms with Gasteiger partial charge in [-0.3, -0.25) is 0 Å². The monoisotopic (exact) mass is 583 g/mol. The molecule has 41 heavy (non-hydrogen) atoms. The van der Waals surface area contributed by atoms with Gasteiger partial charge in [-0.25, -0.2) is 9.78 Å². The van der Waals surface area contributed by atoms with Crippen molar-refractivity contribution < 1.29 is 32.3 Å². The van der Waals surface area contributed by atoms with Crippen LogP contribution in [0.1, 0.15) is 72.2 Å². The van der Waals surface area contributed by atoms with Crippen LogP contribution in [0.15, 0.2) is 47.0 Å². The molecule has 7 nitrogen and oxygen atoms in total. The summed E-state index contributed by atoms with van der Waals surface area (Å²) in [5.41, 5.74) is 1.14. The molecule has 2 aromatic heterocycles. The normalized spacial score (nSPS) is 24.3. The molecule has 1 saturated carbocycles. The Bertz CT molecular complexity index is 1630. The second-order valence-corrected chi connectivity index (χ2v) is 12.4. The first-order valence-corrected chi connectivity index (χ1v) is 14.7. The number of hydrogen-bond donors (Lipinski definition) is 1. The third-order valence-electron chi connectivity index (χ3n) is 8.65. The van der Waals surface area contributed by atoms with Gasteiger partial charge in [-0.15, -0.1) is 0 Å². The maximum atomic E-state index is 13.8. The van der Waals surface area contributed by atoms with Crippen molar-refractivity contribution in [3.63, 3.8) is 0 Å². The molecule has 2 unspecified atom stereocenters. The Morgan fingerprint density at radius 3 is 2.71 bits per heavy atom. The number of aromatic nitrogens is 2. The van der Waals surface area contributed by atoms with Crippen LogP contribution in [0.4, 0.5) is 18.3 Å². The third kappa shape index (κ3) is 4.78. The second-order valence-electron chi connectivity index (χ2n) is 11.4. The molecular formula is C30H28F3N3O4S. The summed E-state index contributed by atoms with van der Waals surface area (Å²) in [6.45, 7) is 2.38. The van der Waals surface area contributed by atoms with E-state index >= 15 is 0 Å². The summed E-state index contributed by atoms with van der Waals surface area (Å²) in [5, 5.41) is 14.4. The van der Waals surface area contributed by atoms with Crippen LogP contribution < -0.4 is 4.90 Å². The first-order chi connectivity index (χ1) is 19.7. The van der Waals surface area contributed by atoms with E-state index in [2.05, 4.69) is 17.0 Å². The molecule has 1 N–H and O–H groups in total. The van der Waals surface area contributed by atoms with E-state index in [0.717, 1.165) is 53.5 Å². The van der Waals surface area contributed by atoms with Crippen molar-refractivity contribution in [2.45, 2.75) is 75.9 Å². The maximum absolute atomic E-state index is 13.8. The highest BCUT2D eigenvalue weighted by Gasteiger charge is 2.47. The quantitative estimate of drug-likeness (QED) is 0.241. The van der Waals surface area contributed by atoms with Gasteiger partial charge in [-0.05, 0) is 62.3 Å². The molecule has 4 aromatic rings. The van der Waals surface area contributed by atoms with Crippen molar-refractivity contribution in [2.75, 3.05) is 4.90 Å². The molecule has 2 aromatic carbocycles. The molecule has 0 radical (unpaired) electrons. The molecule has 3 aliphatic rings. The van der Waals surface area contributed by atoms with Gasteiger partial charge in [-0.2, -0.15) is 13.2 Å². The molecule has 2 aliphatic heterocycles. The van der Waals surface area contributed by atoms with Gasteiger partial charge in [0.15, 0.2) is 5.13 Å². The fourth-order valence-corrected chi connectivity index (χ4v) is 7.67. The van der Waals surface area contributed by atoms with Crippen LogP contribution in [0.3, 0.4) is 0 Å². The number of aromatic carboxylic acids is 1.